The molecule has 2 aromatic carbocycles. The third kappa shape index (κ3) is 4.84. The van der Waals surface area contributed by atoms with Crippen molar-refractivity contribution in [3.05, 3.63) is 82.6 Å². The van der Waals surface area contributed by atoms with Crippen molar-refractivity contribution in [1.29, 1.82) is 0 Å². The smallest absolute Gasteiger partial charge is 0.324 e. The summed E-state index contributed by atoms with van der Waals surface area (Å²) < 4.78 is 11.8. The van der Waals surface area contributed by atoms with Crippen LogP contribution in [-0.4, -0.2) is 63.4 Å². The van der Waals surface area contributed by atoms with E-state index in [1.54, 1.807) is 36.4 Å². The maximum atomic E-state index is 13.7. The Morgan fingerprint density at radius 1 is 1.12 bits per heavy atom. The summed E-state index contributed by atoms with van der Waals surface area (Å²) in [6.07, 6.45) is 1.97. The Labute approximate surface area is 233 Å². The van der Waals surface area contributed by atoms with Gasteiger partial charge in [0.2, 0.25) is 11.8 Å². The van der Waals surface area contributed by atoms with Crippen LogP contribution in [0, 0.1) is 22.0 Å². The summed E-state index contributed by atoms with van der Waals surface area (Å²) in [6.45, 7) is 0.0473. The van der Waals surface area contributed by atoms with Crippen molar-refractivity contribution in [3.8, 4) is 17.1 Å². The number of rotatable bonds is 11. The van der Waals surface area contributed by atoms with Gasteiger partial charge in [0.1, 0.15) is 29.4 Å². The zero-order chi connectivity index (χ0) is 28.4. The number of amides is 2. The lowest BCUT2D eigenvalue weighted by Crippen LogP contribution is -2.56. The van der Waals surface area contributed by atoms with Gasteiger partial charge in [0, 0.05) is 17.7 Å². The van der Waals surface area contributed by atoms with Crippen LogP contribution in [0.5, 0.6) is 5.75 Å². The molecule has 0 spiro atoms. The molecule has 0 saturated carbocycles. The minimum atomic E-state index is -1.67. The number of thioether (sulfide) groups is 1. The number of nitrogens with one attached hydrogen (secondary N) is 1. The number of likely N-dealkylation sites (tertiary alicyclic amines) is 1. The van der Waals surface area contributed by atoms with Crippen LogP contribution in [0.2, 0.25) is 0 Å². The number of furan rings is 1. The molecule has 4 unspecified atom stereocenters. The summed E-state index contributed by atoms with van der Waals surface area (Å²) in [5.41, 5.74) is -1.16. The first-order valence-electron chi connectivity index (χ1n) is 12.6. The highest BCUT2D eigenvalue weighted by molar-refractivity contribution is 7.98. The second-order valence-corrected chi connectivity index (χ2v) is 10.6. The van der Waals surface area contributed by atoms with Crippen LogP contribution in [0.4, 0.5) is 5.69 Å². The van der Waals surface area contributed by atoms with Gasteiger partial charge < -0.3 is 14.3 Å². The van der Waals surface area contributed by atoms with Gasteiger partial charge in [0.05, 0.1) is 29.3 Å². The summed E-state index contributed by atoms with van der Waals surface area (Å²) in [5, 5.41) is 24.5. The number of carboxylic acid groups (broad SMARTS) is 1. The van der Waals surface area contributed by atoms with Gasteiger partial charge in [0.15, 0.2) is 0 Å². The number of nitrogens with zero attached hydrogens (tertiary/aromatic N) is 2. The topological polar surface area (TPSA) is 152 Å². The van der Waals surface area contributed by atoms with Gasteiger partial charge in [0.25, 0.3) is 5.69 Å². The lowest BCUT2D eigenvalue weighted by Gasteiger charge is -2.30. The number of carbonyl (C=O) groups excluding carboxylic acids is 2. The minimum Gasteiger partial charge on any atom is -0.492 e. The largest absolute Gasteiger partial charge is 0.492 e. The molecule has 0 radical (unpaired) electrons. The Hall–Kier alpha value is -4.16. The van der Waals surface area contributed by atoms with Crippen LogP contribution in [0.25, 0.3) is 11.3 Å². The molecule has 4 atom stereocenters. The number of carboxylic acids is 1. The number of hydrogen-bond donors (Lipinski definition) is 2. The lowest BCUT2D eigenvalue weighted by molar-refractivity contribution is -0.384. The van der Waals surface area contributed by atoms with E-state index in [4.69, 9.17) is 9.15 Å². The second kappa shape index (κ2) is 11.1. The van der Waals surface area contributed by atoms with Crippen molar-refractivity contribution in [1.82, 2.24) is 10.2 Å². The first-order chi connectivity index (χ1) is 19.3. The molecular weight excluding hydrogens is 538 g/mol. The van der Waals surface area contributed by atoms with E-state index in [2.05, 4.69) is 5.32 Å². The van der Waals surface area contributed by atoms with Gasteiger partial charge >= 0.3 is 5.97 Å². The molecule has 208 valence electrons. The Bertz CT molecular complexity index is 1430. The highest BCUT2D eigenvalue weighted by Gasteiger charge is 2.68. The van der Waals surface area contributed by atoms with Crippen molar-refractivity contribution in [3.63, 3.8) is 0 Å². The number of benzene rings is 2. The van der Waals surface area contributed by atoms with Crippen LogP contribution in [0.15, 0.2) is 71.1 Å². The van der Waals surface area contributed by atoms with Crippen LogP contribution >= 0.6 is 11.8 Å². The Balaban J connectivity index is 1.44. The Morgan fingerprint density at radius 2 is 1.85 bits per heavy atom. The van der Waals surface area contributed by atoms with E-state index < -0.39 is 46.1 Å². The number of nitro groups is 1. The number of non-ortho nitro benzene ring substituents is 1. The third-order valence-electron chi connectivity index (χ3n) is 7.45. The lowest BCUT2D eigenvalue weighted by atomic mass is 9.78. The van der Waals surface area contributed by atoms with Gasteiger partial charge in [-0.3, -0.25) is 34.7 Å². The second-order valence-electron chi connectivity index (χ2n) is 9.64. The molecule has 0 bridgehead atoms. The number of carbonyl (C=O) groups is 3. The van der Waals surface area contributed by atoms with E-state index >= 15 is 0 Å². The van der Waals surface area contributed by atoms with Crippen molar-refractivity contribution in [2.75, 3.05) is 25.2 Å². The summed E-state index contributed by atoms with van der Waals surface area (Å²) in [6, 6.07) is 17.2. The van der Waals surface area contributed by atoms with E-state index in [0.29, 0.717) is 28.6 Å². The maximum Gasteiger partial charge on any atom is 0.324 e. The average molecular weight is 566 g/mol. The number of fused-ring (bicyclic) bond motifs is 1. The number of aliphatic carboxylic acids is 1. The highest BCUT2D eigenvalue weighted by Crippen LogP contribution is 2.51. The summed E-state index contributed by atoms with van der Waals surface area (Å²) in [5.74, 6) is -2.60. The molecule has 2 aliphatic rings. The molecule has 2 fully saturated rings. The molecule has 2 aliphatic heterocycles. The fraction of sp³-hybridized carbons (Fsp3) is 0.321. The van der Waals surface area contributed by atoms with Crippen LogP contribution in [0.1, 0.15) is 18.2 Å². The first kappa shape index (κ1) is 27.4. The first-order valence-corrected chi connectivity index (χ1v) is 14.0. The molecule has 40 heavy (non-hydrogen) atoms. The number of hydrogen-bond acceptors (Lipinski definition) is 9. The van der Waals surface area contributed by atoms with Gasteiger partial charge in [-0.2, -0.15) is 11.8 Å². The predicted octanol–water partition coefficient (Wildman–Crippen LogP) is 3.76. The Morgan fingerprint density at radius 3 is 2.50 bits per heavy atom. The average Bonchev–Trinajstić information content (AvgIpc) is 3.64. The SMILES string of the molecule is CSCCC1(C(=O)O)NC(c2ccc(-c3ccc([N+](=O)[O-])cc3)o2)C2C(=O)N(CCOc3ccccc3)C(=O)C21. The molecule has 3 heterocycles. The van der Waals surface area contributed by atoms with Gasteiger partial charge in [-0.05, 0) is 54.8 Å². The predicted molar refractivity (Wildman–Crippen MR) is 146 cm³/mol. The zero-order valence-corrected chi connectivity index (χ0v) is 22.3. The normalized spacial score (nSPS) is 23.8. The van der Waals surface area contributed by atoms with E-state index in [-0.39, 0.29) is 25.3 Å². The maximum absolute atomic E-state index is 13.7. The molecule has 3 aromatic rings. The number of para-hydroxylation sites is 1. The minimum absolute atomic E-state index is 0.0172. The quantitative estimate of drug-likeness (QED) is 0.200. The molecular formula is C28H27N3O8S. The fourth-order valence-electron chi connectivity index (χ4n) is 5.52. The van der Waals surface area contributed by atoms with Gasteiger partial charge in [-0.1, -0.05) is 18.2 Å². The van der Waals surface area contributed by atoms with E-state index in [0.717, 1.165) is 4.90 Å². The summed E-state index contributed by atoms with van der Waals surface area (Å²) >= 11 is 1.45. The van der Waals surface area contributed by atoms with Crippen molar-refractivity contribution >= 4 is 35.2 Å². The molecule has 5 rings (SSSR count). The molecule has 1 aromatic heterocycles. The standard InChI is InChI=1S/C28H27N3O8S/c1-40-16-13-28(27(34)35)23-22(25(32)30(26(23)33)14-15-38-19-5-3-2-4-6-19)24(29-28)21-12-11-20(39-21)17-7-9-18(10-8-17)31(36)37/h2-12,22-24,29H,13-16H2,1H3,(H,34,35). The number of imide groups is 1. The number of ether oxygens (including phenoxy) is 1. The molecule has 2 saturated heterocycles. The summed E-state index contributed by atoms with van der Waals surface area (Å²) in [7, 11) is 0. The Kier molecular flexibility index (Phi) is 7.63. The van der Waals surface area contributed by atoms with Gasteiger partial charge in [-0.25, -0.2) is 0 Å². The fourth-order valence-corrected chi connectivity index (χ4v) is 6.04. The monoisotopic (exact) mass is 565 g/mol. The van der Waals surface area contributed by atoms with Crippen LogP contribution in [0.3, 0.4) is 0 Å². The van der Waals surface area contributed by atoms with Crippen LogP contribution in [-0.2, 0) is 14.4 Å². The van der Waals surface area contributed by atoms with Gasteiger partial charge in [-0.15, -0.1) is 0 Å². The van der Waals surface area contributed by atoms with E-state index in [1.807, 2.05) is 24.5 Å². The zero-order valence-electron chi connectivity index (χ0n) is 21.5. The highest BCUT2D eigenvalue weighted by atomic mass is 32.2. The third-order valence-corrected chi connectivity index (χ3v) is 8.06. The van der Waals surface area contributed by atoms with Crippen molar-refractivity contribution in [2.24, 2.45) is 11.8 Å². The van der Waals surface area contributed by atoms with Crippen LogP contribution < -0.4 is 10.1 Å². The molecule has 0 aliphatic carbocycles. The molecule has 12 heteroatoms. The van der Waals surface area contributed by atoms with Crippen molar-refractivity contribution < 1.29 is 33.6 Å². The molecule has 2 amide bonds. The van der Waals surface area contributed by atoms with E-state index in [9.17, 15) is 29.6 Å². The van der Waals surface area contributed by atoms with Crippen molar-refractivity contribution in [2.45, 2.75) is 18.0 Å². The molecule has 11 nitrogen and oxygen atoms in total. The summed E-state index contributed by atoms with van der Waals surface area (Å²) in [4.78, 5) is 51.7. The molecule has 2 N–H and O–H groups in total. The number of nitro benzene ring substituents is 1. The van der Waals surface area contributed by atoms with E-state index in [1.165, 1.54) is 23.9 Å².